The normalized spacial score (nSPS) is 16.9. The second-order valence-corrected chi connectivity index (χ2v) is 5.79. The van der Waals surface area contributed by atoms with Gasteiger partial charge in [-0.25, -0.2) is 0 Å². The van der Waals surface area contributed by atoms with Crippen molar-refractivity contribution in [2.24, 2.45) is 0 Å². The highest BCUT2D eigenvalue weighted by molar-refractivity contribution is 5.91. The second-order valence-electron chi connectivity index (χ2n) is 5.79. The van der Waals surface area contributed by atoms with Crippen molar-refractivity contribution in [1.82, 2.24) is 0 Å². The predicted molar refractivity (Wildman–Crippen MR) is 79.8 cm³/mol. The lowest BCUT2D eigenvalue weighted by atomic mass is 9.95. The number of nitrogens with two attached hydrogens (primary N) is 1. The van der Waals surface area contributed by atoms with E-state index in [-0.39, 0.29) is 24.7 Å². The molecule has 0 radical (unpaired) electrons. The van der Waals surface area contributed by atoms with Gasteiger partial charge in [0.05, 0.1) is 18.6 Å². The Labute approximate surface area is 132 Å². The molecule has 1 aromatic rings. The Morgan fingerprint density at radius 3 is 2.48 bits per heavy atom. The quantitative estimate of drug-likeness (QED) is 0.606. The van der Waals surface area contributed by atoms with Crippen molar-refractivity contribution in [3.63, 3.8) is 0 Å². The summed E-state index contributed by atoms with van der Waals surface area (Å²) < 4.78 is 0. The fourth-order valence-corrected chi connectivity index (χ4v) is 2.73. The van der Waals surface area contributed by atoms with E-state index in [1.807, 2.05) is 24.3 Å². The van der Waals surface area contributed by atoms with Crippen LogP contribution in [0.5, 0.6) is 0 Å². The molecule has 21 heavy (non-hydrogen) atoms. The summed E-state index contributed by atoms with van der Waals surface area (Å²) in [5.74, 6) is -0.149. The number of aliphatic hydroxyl groups is 1. The van der Waals surface area contributed by atoms with E-state index in [0.29, 0.717) is 6.04 Å². The molecule has 1 aliphatic rings. The molecule has 0 bridgehead atoms. The zero-order valence-electron chi connectivity index (χ0n) is 12.5. The zero-order chi connectivity index (χ0) is 14.4. The number of amides is 1. The maximum absolute atomic E-state index is 11.5. The minimum absolute atomic E-state index is 0. The van der Waals surface area contributed by atoms with Gasteiger partial charge in [0.1, 0.15) is 5.69 Å². The zero-order valence-corrected chi connectivity index (χ0v) is 13.3. The molecule has 5 heteroatoms. The molecule has 0 aliphatic heterocycles. The molecule has 0 spiro atoms. The molecule has 4 nitrogen and oxygen atoms in total. The number of anilines is 1. The van der Waals surface area contributed by atoms with Crippen molar-refractivity contribution in [3.05, 3.63) is 24.3 Å². The van der Waals surface area contributed by atoms with E-state index in [0.717, 1.165) is 5.69 Å². The summed E-state index contributed by atoms with van der Waals surface area (Å²) in [5.41, 5.74) is 2.02. The van der Waals surface area contributed by atoms with Gasteiger partial charge < -0.3 is 28.1 Å². The van der Waals surface area contributed by atoms with Crippen LogP contribution in [0.3, 0.4) is 0 Å². The monoisotopic (exact) mass is 312 g/mol. The van der Waals surface area contributed by atoms with Gasteiger partial charge in [-0.1, -0.05) is 6.42 Å². The van der Waals surface area contributed by atoms with Gasteiger partial charge in [0.2, 0.25) is 5.91 Å². The lowest BCUT2D eigenvalue weighted by Gasteiger charge is -2.19. The van der Waals surface area contributed by atoms with Crippen molar-refractivity contribution < 1.29 is 27.6 Å². The Hall–Kier alpha value is -1.10. The van der Waals surface area contributed by atoms with Crippen molar-refractivity contribution in [2.45, 2.75) is 57.6 Å². The summed E-state index contributed by atoms with van der Waals surface area (Å²) in [4.78, 5) is 11.5. The number of halogens is 1. The topological polar surface area (TPSA) is 65.9 Å². The maximum atomic E-state index is 11.5. The van der Waals surface area contributed by atoms with E-state index < -0.39 is 6.10 Å². The molecule has 1 unspecified atom stereocenters. The highest BCUT2D eigenvalue weighted by atomic mass is 35.5. The lowest BCUT2D eigenvalue weighted by molar-refractivity contribution is -0.614. The Balaban J connectivity index is 0.00000220. The third-order valence-corrected chi connectivity index (χ3v) is 3.75. The molecule has 0 aromatic heterocycles. The maximum Gasteiger partial charge on any atom is 0.226 e. The third-order valence-electron chi connectivity index (χ3n) is 3.75. The van der Waals surface area contributed by atoms with Gasteiger partial charge in [-0.2, -0.15) is 0 Å². The number of hydrogen-bond acceptors (Lipinski definition) is 2. The molecular weight excluding hydrogens is 288 g/mol. The van der Waals surface area contributed by atoms with Crippen LogP contribution in [-0.4, -0.2) is 23.2 Å². The number of carbonyl (C=O) groups excluding carboxylic acids is 1. The molecule has 1 aromatic carbocycles. The molecular formula is C16H25ClN2O2. The van der Waals surface area contributed by atoms with E-state index in [1.165, 1.54) is 37.8 Å². The SMILES string of the molecule is CC(O)CC(=O)Nc1ccc([NH2+]C2CCCCC2)cc1.[Cl-]. The number of benzene rings is 1. The number of quaternary nitrogens is 1. The van der Waals surface area contributed by atoms with Crippen LogP contribution in [0.4, 0.5) is 11.4 Å². The molecule has 4 N–H and O–H groups in total. The highest BCUT2D eigenvalue weighted by Gasteiger charge is 2.16. The third kappa shape index (κ3) is 6.46. The van der Waals surface area contributed by atoms with Crippen LogP contribution >= 0.6 is 0 Å². The summed E-state index contributed by atoms with van der Waals surface area (Å²) in [5, 5.41) is 14.3. The molecule has 1 fully saturated rings. The summed E-state index contributed by atoms with van der Waals surface area (Å²) in [6.07, 6.45) is 6.19. The number of nitrogens with one attached hydrogen (secondary N) is 1. The fraction of sp³-hybridized carbons (Fsp3) is 0.562. The van der Waals surface area contributed by atoms with Gasteiger partial charge in [-0.05, 0) is 44.7 Å². The summed E-state index contributed by atoms with van der Waals surface area (Å²) in [6, 6.07) is 8.65. The van der Waals surface area contributed by atoms with Crippen molar-refractivity contribution >= 4 is 17.3 Å². The number of carbonyl (C=O) groups is 1. The molecule has 1 saturated carbocycles. The minimum atomic E-state index is -0.603. The van der Waals surface area contributed by atoms with Gasteiger partial charge in [0, 0.05) is 17.8 Å². The summed E-state index contributed by atoms with van der Waals surface area (Å²) >= 11 is 0. The smallest absolute Gasteiger partial charge is 0.226 e. The van der Waals surface area contributed by atoms with E-state index in [1.54, 1.807) is 6.92 Å². The van der Waals surface area contributed by atoms with Crippen LogP contribution in [0, 0.1) is 0 Å². The van der Waals surface area contributed by atoms with Crippen LogP contribution in [0.1, 0.15) is 45.4 Å². The molecule has 1 amide bonds. The first kappa shape index (κ1) is 18.0. The molecule has 1 aliphatic carbocycles. The van der Waals surface area contributed by atoms with Gasteiger partial charge in [0.15, 0.2) is 0 Å². The average molecular weight is 313 g/mol. The van der Waals surface area contributed by atoms with Gasteiger partial charge >= 0.3 is 0 Å². The van der Waals surface area contributed by atoms with Gasteiger partial charge in [-0.15, -0.1) is 0 Å². The Morgan fingerprint density at radius 1 is 1.29 bits per heavy atom. The van der Waals surface area contributed by atoms with Crippen molar-refractivity contribution in [2.75, 3.05) is 5.32 Å². The summed E-state index contributed by atoms with van der Waals surface area (Å²) in [7, 11) is 0. The van der Waals surface area contributed by atoms with Gasteiger partial charge in [-0.3, -0.25) is 4.79 Å². The van der Waals surface area contributed by atoms with Crippen molar-refractivity contribution in [3.8, 4) is 0 Å². The van der Waals surface area contributed by atoms with Crippen LogP contribution in [-0.2, 0) is 4.79 Å². The van der Waals surface area contributed by atoms with E-state index in [4.69, 9.17) is 5.11 Å². The Morgan fingerprint density at radius 2 is 1.90 bits per heavy atom. The first-order chi connectivity index (χ1) is 9.63. The average Bonchev–Trinajstić information content (AvgIpc) is 2.41. The number of rotatable bonds is 5. The Kier molecular flexibility index (Phi) is 7.72. The predicted octanol–water partition coefficient (Wildman–Crippen LogP) is -1.07. The summed E-state index contributed by atoms with van der Waals surface area (Å²) in [6.45, 7) is 1.61. The van der Waals surface area contributed by atoms with Crippen LogP contribution < -0.4 is 23.0 Å². The van der Waals surface area contributed by atoms with Crippen LogP contribution in [0.25, 0.3) is 0 Å². The van der Waals surface area contributed by atoms with E-state index in [2.05, 4.69) is 10.6 Å². The second kappa shape index (κ2) is 9.03. The highest BCUT2D eigenvalue weighted by Crippen LogP contribution is 2.16. The van der Waals surface area contributed by atoms with E-state index >= 15 is 0 Å². The van der Waals surface area contributed by atoms with Crippen LogP contribution in [0.15, 0.2) is 24.3 Å². The van der Waals surface area contributed by atoms with Gasteiger partial charge in [0.25, 0.3) is 0 Å². The molecule has 1 atom stereocenters. The lowest BCUT2D eigenvalue weighted by Crippen LogP contribution is -3.00. The van der Waals surface area contributed by atoms with Crippen molar-refractivity contribution in [1.29, 1.82) is 0 Å². The first-order valence-corrected chi connectivity index (χ1v) is 7.56. The largest absolute Gasteiger partial charge is 1.00 e. The number of aliphatic hydroxyl groups excluding tert-OH is 1. The number of hydrogen-bond donors (Lipinski definition) is 3. The molecule has 0 saturated heterocycles. The molecule has 2 rings (SSSR count). The Bertz CT molecular complexity index is 428. The molecule has 118 valence electrons. The van der Waals surface area contributed by atoms with E-state index in [9.17, 15) is 4.79 Å². The minimum Gasteiger partial charge on any atom is -1.00 e. The first-order valence-electron chi connectivity index (χ1n) is 7.56. The molecule has 0 heterocycles. The van der Waals surface area contributed by atoms with Crippen LogP contribution in [0.2, 0.25) is 0 Å². The fourth-order valence-electron chi connectivity index (χ4n) is 2.73. The standard InChI is InChI=1S/C16H24N2O2.ClH/c1-12(19)11-16(20)18-15-9-7-14(8-10-15)17-13-5-3-2-4-6-13;/h7-10,12-13,17,19H,2-6,11H2,1H3,(H,18,20);1H.